The Kier molecular flexibility index (Phi) is 7.55. The summed E-state index contributed by atoms with van der Waals surface area (Å²) in [6.45, 7) is 4.08. The van der Waals surface area contributed by atoms with E-state index in [1.165, 1.54) is 0 Å². The number of nitrogens with zero attached hydrogens (tertiary/aromatic N) is 1. The highest BCUT2D eigenvalue weighted by molar-refractivity contribution is 5.80. The minimum atomic E-state index is -1.10. The summed E-state index contributed by atoms with van der Waals surface area (Å²) in [5, 5.41) is 11.2. The van der Waals surface area contributed by atoms with Crippen LogP contribution in [0, 0.1) is 12.3 Å². The normalized spacial score (nSPS) is 11.4. The minimum absolute atomic E-state index is 0.0405. The van der Waals surface area contributed by atoms with Crippen LogP contribution in [-0.2, 0) is 9.53 Å². The van der Waals surface area contributed by atoms with E-state index in [2.05, 4.69) is 11.2 Å². The van der Waals surface area contributed by atoms with Gasteiger partial charge in [0.1, 0.15) is 6.54 Å². The number of carboxylic acids is 1. The van der Waals surface area contributed by atoms with E-state index in [9.17, 15) is 9.59 Å². The highest BCUT2D eigenvalue weighted by atomic mass is 16.5. The highest BCUT2D eigenvalue weighted by Gasteiger charge is 2.15. The van der Waals surface area contributed by atoms with Gasteiger partial charge in [0.25, 0.3) is 0 Å². The van der Waals surface area contributed by atoms with Gasteiger partial charge in [-0.25, -0.2) is 4.79 Å². The lowest BCUT2D eigenvalue weighted by molar-refractivity contribution is -0.137. The molecule has 0 bridgehead atoms. The van der Waals surface area contributed by atoms with E-state index in [4.69, 9.17) is 16.3 Å². The van der Waals surface area contributed by atoms with Crippen molar-refractivity contribution in [2.24, 2.45) is 0 Å². The second kappa shape index (κ2) is 8.42. The summed E-state index contributed by atoms with van der Waals surface area (Å²) in [5.41, 5.74) is 0. The second-order valence-corrected chi connectivity index (χ2v) is 3.41. The average molecular weight is 242 g/mol. The van der Waals surface area contributed by atoms with Gasteiger partial charge in [0, 0.05) is 13.2 Å². The van der Waals surface area contributed by atoms with Crippen molar-refractivity contribution in [3.8, 4) is 12.3 Å². The first-order valence-corrected chi connectivity index (χ1v) is 5.30. The Morgan fingerprint density at radius 2 is 2.24 bits per heavy atom. The molecule has 0 fully saturated rings. The summed E-state index contributed by atoms with van der Waals surface area (Å²) in [7, 11) is 0. The van der Waals surface area contributed by atoms with E-state index in [0.29, 0.717) is 13.2 Å². The maximum atomic E-state index is 11.6. The van der Waals surface area contributed by atoms with Gasteiger partial charge in [0.15, 0.2) is 0 Å². The summed E-state index contributed by atoms with van der Waals surface area (Å²) >= 11 is 0. The smallest absolute Gasteiger partial charge is 0.323 e. The molecular formula is C11H18N2O4. The molecule has 2 N–H and O–H groups in total. The number of carbonyl (C=O) groups is 2. The summed E-state index contributed by atoms with van der Waals surface area (Å²) in [4.78, 5) is 23.1. The van der Waals surface area contributed by atoms with Crippen molar-refractivity contribution in [2.75, 3.05) is 26.2 Å². The van der Waals surface area contributed by atoms with Crippen LogP contribution in [-0.4, -0.2) is 54.4 Å². The molecule has 1 unspecified atom stereocenters. The van der Waals surface area contributed by atoms with Gasteiger partial charge in [-0.1, -0.05) is 5.92 Å². The molecule has 0 spiro atoms. The number of hydrogen-bond acceptors (Lipinski definition) is 3. The first kappa shape index (κ1) is 15.3. The minimum Gasteiger partial charge on any atom is -0.480 e. The second-order valence-electron chi connectivity index (χ2n) is 3.41. The fourth-order valence-corrected chi connectivity index (χ4v) is 1.16. The zero-order chi connectivity index (χ0) is 13.3. The van der Waals surface area contributed by atoms with E-state index < -0.39 is 18.5 Å². The third kappa shape index (κ3) is 7.19. The molecule has 6 nitrogen and oxygen atoms in total. The largest absolute Gasteiger partial charge is 0.480 e. The molecular weight excluding hydrogens is 224 g/mol. The Morgan fingerprint density at radius 3 is 2.71 bits per heavy atom. The summed E-state index contributed by atoms with van der Waals surface area (Å²) < 4.78 is 5.22. The van der Waals surface area contributed by atoms with Gasteiger partial charge < -0.3 is 20.1 Å². The molecule has 0 radical (unpaired) electrons. The van der Waals surface area contributed by atoms with Crippen molar-refractivity contribution in [3.05, 3.63) is 0 Å². The number of hydrogen-bond donors (Lipinski definition) is 2. The number of urea groups is 1. The lowest BCUT2D eigenvalue weighted by Crippen LogP contribution is -2.45. The molecule has 2 amide bonds. The molecule has 6 heteroatoms. The fraction of sp³-hybridized carbons (Fsp3) is 0.636. The zero-order valence-corrected chi connectivity index (χ0v) is 10.1. The Morgan fingerprint density at radius 1 is 1.59 bits per heavy atom. The summed E-state index contributed by atoms with van der Waals surface area (Å²) in [6.07, 6.45) is 4.93. The van der Waals surface area contributed by atoms with Crippen LogP contribution in [0.15, 0.2) is 0 Å². The Balaban J connectivity index is 4.14. The first-order chi connectivity index (χ1) is 8.01. The van der Waals surface area contributed by atoms with Gasteiger partial charge in [0.05, 0.1) is 12.6 Å². The standard InChI is InChI=1S/C11H18N2O4/c1-4-6-13(8-10(14)15)11(16)12-7-9(3)17-5-2/h1,9H,5-8H2,2-3H3,(H,12,16)(H,14,15). The van der Waals surface area contributed by atoms with Gasteiger partial charge >= 0.3 is 12.0 Å². The monoisotopic (exact) mass is 242 g/mol. The maximum Gasteiger partial charge on any atom is 0.323 e. The van der Waals surface area contributed by atoms with Crippen molar-refractivity contribution in [1.82, 2.24) is 10.2 Å². The third-order valence-corrected chi connectivity index (χ3v) is 1.89. The molecule has 0 aromatic heterocycles. The van der Waals surface area contributed by atoms with Crippen LogP contribution in [0.4, 0.5) is 4.79 Å². The zero-order valence-electron chi connectivity index (χ0n) is 10.1. The van der Waals surface area contributed by atoms with Crippen LogP contribution in [0.25, 0.3) is 0 Å². The maximum absolute atomic E-state index is 11.6. The van der Waals surface area contributed by atoms with Gasteiger partial charge in [0.2, 0.25) is 0 Å². The molecule has 0 aromatic carbocycles. The SMILES string of the molecule is C#CCN(CC(=O)O)C(=O)NCC(C)OCC. The van der Waals surface area contributed by atoms with Crippen molar-refractivity contribution < 1.29 is 19.4 Å². The number of ether oxygens (including phenoxy) is 1. The lowest BCUT2D eigenvalue weighted by atomic mass is 10.4. The molecule has 96 valence electrons. The molecule has 0 aliphatic rings. The number of amides is 2. The van der Waals surface area contributed by atoms with E-state index in [1.54, 1.807) is 0 Å². The molecule has 1 atom stereocenters. The lowest BCUT2D eigenvalue weighted by Gasteiger charge is -2.20. The van der Waals surface area contributed by atoms with Crippen LogP contribution in [0.2, 0.25) is 0 Å². The van der Waals surface area contributed by atoms with Crippen molar-refractivity contribution in [1.29, 1.82) is 0 Å². The van der Waals surface area contributed by atoms with Gasteiger partial charge in [-0.3, -0.25) is 4.79 Å². The van der Waals surface area contributed by atoms with Gasteiger partial charge in [-0.15, -0.1) is 6.42 Å². The number of carboxylic acid groups (broad SMARTS) is 1. The van der Waals surface area contributed by atoms with Gasteiger partial charge in [-0.05, 0) is 13.8 Å². The molecule has 0 aliphatic carbocycles. The first-order valence-electron chi connectivity index (χ1n) is 5.30. The van der Waals surface area contributed by atoms with Crippen molar-refractivity contribution in [2.45, 2.75) is 20.0 Å². The van der Waals surface area contributed by atoms with Crippen LogP contribution in [0.3, 0.4) is 0 Å². The predicted molar refractivity (Wildman–Crippen MR) is 62.5 cm³/mol. The van der Waals surface area contributed by atoms with Crippen molar-refractivity contribution >= 4 is 12.0 Å². The molecule has 0 aliphatic heterocycles. The molecule has 0 rings (SSSR count). The Hall–Kier alpha value is -1.74. The van der Waals surface area contributed by atoms with Crippen LogP contribution >= 0.6 is 0 Å². The van der Waals surface area contributed by atoms with E-state index in [-0.39, 0.29) is 12.6 Å². The molecule has 0 aromatic rings. The fourth-order valence-electron chi connectivity index (χ4n) is 1.16. The average Bonchev–Trinajstić information content (AvgIpc) is 2.25. The third-order valence-electron chi connectivity index (χ3n) is 1.89. The molecule has 17 heavy (non-hydrogen) atoms. The molecule has 0 saturated heterocycles. The molecule has 0 saturated carbocycles. The van der Waals surface area contributed by atoms with Crippen molar-refractivity contribution in [3.63, 3.8) is 0 Å². The number of carbonyl (C=O) groups excluding carboxylic acids is 1. The number of terminal acetylenes is 1. The van der Waals surface area contributed by atoms with Crippen LogP contribution in [0.1, 0.15) is 13.8 Å². The van der Waals surface area contributed by atoms with E-state index in [0.717, 1.165) is 4.90 Å². The number of aliphatic carboxylic acids is 1. The van der Waals surface area contributed by atoms with Gasteiger partial charge in [-0.2, -0.15) is 0 Å². The number of nitrogens with one attached hydrogen (secondary N) is 1. The topological polar surface area (TPSA) is 78.9 Å². The Bertz CT molecular complexity index is 298. The van der Waals surface area contributed by atoms with Crippen LogP contribution < -0.4 is 5.32 Å². The Labute approximate surface area is 101 Å². The summed E-state index contributed by atoms with van der Waals surface area (Å²) in [5.74, 6) is 1.13. The quantitative estimate of drug-likeness (QED) is 0.622. The number of rotatable bonds is 7. The molecule has 0 heterocycles. The van der Waals surface area contributed by atoms with Crippen LogP contribution in [0.5, 0.6) is 0 Å². The predicted octanol–water partition coefficient (Wildman–Crippen LogP) is 0.141. The highest BCUT2D eigenvalue weighted by Crippen LogP contribution is 1.92. The summed E-state index contributed by atoms with van der Waals surface area (Å²) in [6, 6.07) is -0.503. The van der Waals surface area contributed by atoms with E-state index >= 15 is 0 Å². The van der Waals surface area contributed by atoms with E-state index in [1.807, 2.05) is 13.8 Å².